The lowest BCUT2D eigenvalue weighted by atomic mass is 9.92. The molecule has 0 bridgehead atoms. The van der Waals surface area contributed by atoms with E-state index < -0.39 is 17.6 Å². The number of ether oxygens (including phenoxy) is 1. The number of morpholine rings is 1. The van der Waals surface area contributed by atoms with Crippen molar-refractivity contribution in [2.45, 2.75) is 38.1 Å². The maximum absolute atomic E-state index is 15.3. The van der Waals surface area contributed by atoms with Crippen molar-refractivity contribution < 1.29 is 23.9 Å². The zero-order valence-corrected chi connectivity index (χ0v) is 19.7. The summed E-state index contributed by atoms with van der Waals surface area (Å²) >= 11 is 6.08. The molecule has 13 heteroatoms. The van der Waals surface area contributed by atoms with Gasteiger partial charge in [-0.3, -0.25) is 30.5 Å². The molecule has 0 radical (unpaired) electrons. The summed E-state index contributed by atoms with van der Waals surface area (Å²) in [5.74, 6) is -1.70. The van der Waals surface area contributed by atoms with Crippen LogP contribution in [-0.4, -0.2) is 89.4 Å². The number of rotatable bonds is 9. The summed E-state index contributed by atoms with van der Waals surface area (Å²) in [5, 5.41) is 9.93. The molecule has 1 aliphatic carbocycles. The minimum absolute atomic E-state index is 0.0620. The molecule has 2 aliphatic heterocycles. The van der Waals surface area contributed by atoms with E-state index in [2.05, 4.69) is 25.7 Å². The van der Waals surface area contributed by atoms with Crippen LogP contribution in [0.5, 0.6) is 0 Å². The van der Waals surface area contributed by atoms with Gasteiger partial charge in [0.05, 0.1) is 31.7 Å². The van der Waals surface area contributed by atoms with Crippen LogP contribution in [0.25, 0.3) is 0 Å². The molecule has 2 amide bonds. The number of nitrogens with one attached hydrogen (secondary N) is 2. The fourth-order valence-electron chi connectivity index (χ4n) is 5.04. The van der Waals surface area contributed by atoms with Crippen LogP contribution >= 0.6 is 11.6 Å². The standard InChI is InChI=1S/C21H31ClFN7O4/c22-21-24-18(17(23)19(25-21)29-6-5-28-7-8-34-12-16(28)11-29)26-27-20(32)15(10-30(33)13-31)9-14-3-1-2-4-14/h13-16,33H,1-12H2,(H,27,32)(H,24,25,26)/t15-,16+/m0/s1. The van der Waals surface area contributed by atoms with E-state index in [1.54, 1.807) is 0 Å². The third-order valence-corrected chi connectivity index (χ3v) is 7.01. The lowest BCUT2D eigenvalue weighted by molar-refractivity contribution is -0.154. The van der Waals surface area contributed by atoms with Gasteiger partial charge in [0.1, 0.15) is 0 Å². The van der Waals surface area contributed by atoms with E-state index in [0.29, 0.717) is 43.7 Å². The van der Waals surface area contributed by atoms with E-state index in [0.717, 1.165) is 38.8 Å². The number of anilines is 2. The molecule has 34 heavy (non-hydrogen) atoms. The molecule has 2 saturated heterocycles. The van der Waals surface area contributed by atoms with Crippen LogP contribution in [0.3, 0.4) is 0 Å². The van der Waals surface area contributed by atoms with Gasteiger partial charge in [0.25, 0.3) is 0 Å². The molecule has 1 aromatic rings. The van der Waals surface area contributed by atoms with Gasteiger partial charge in [-0.1, -0.05) is 25.7 Å². The first-order chi connectivity index (χ1) is 16.4. The highest BCUT2D eigenvalue weighted by molar-refractivity contribution is 6.28. The number of hydrogen-bond donors (Lipinski definition) is 3. The first-order valence-electron chi connectivity index (χ1n) is 11.7. The number of aromatic nitrogens is 2. The minimum atomic E-state index is -0.723. The Kier molecular flexibility index (Phi) is 8.35. The van der Waals surface area contributed by atoms with Gasteiger partial charge in [-0.2, -0.15) is 14.4 Å². The first kappa shape index (κ1) is 24.8. The van der Waals surface area contributed by atoms with Crippen LogP contribution in [-0.2, 0) is 14.3 Å². The van der Waals surface area contributed by atoms with E-state index in [9.17, 15) is 14.8 Å². The summed E-state index contributed by atoms with van der Waals surface area (Å²) in [4.78, 5) is 35.8. The maximum atomic E-state index is 15.3. The normalized spacial score (nSPS) is 22.2. The summed E-state index contributed by atoms with van der Waals surface area (Å²) in [6.07, 6.45) is 4.98. The van der Waals surface area contributed by atoms with E-state index in [-0.39, 0.29) is 35.9 Å². The molecule has 188 valence electrons. The highest BCUT2D eigenvalue weighted by atomic mass is 35.5. The van der Waals surface area contributed by atoms with Crippen LogP contribution in [0.4, 0.5) is 16.0 Å². The first-order valence-corrected chi connectivity index (χ1v) is 12.1. The largest absolute Gasteiger partial charge is 0.378 e. The Morgan fingerprint density at radius 1 is 1.32 bits per heavy atom. The number of hydroxylamine groups is 2. The highest BCUT2D eigenvalue weighted by Crippen LogP contribution is 2.31. The maximum Gasteiger partial charge on any atom is 0.243 e. The zero-order valence-electron chi connectivity index (χ0n) is 19.0. The third kappa shape index (κ3) is 6.04. The number of piperazine rings is 1. The smallest absolute Gasteiger partial charge is 0.243 e. The fraction of sp³-hybridized carbons (Fsp3) is 0.714. The number of carbonyl (C=O) groups is 2. The summed E-state index contributed by atoms with van der Waals surface area (Å²) in [5.41, 5.74) is 4.99. The van der Waals surface area contributed by atoms with Crippen LogP contribution < -0.4 is 15.8 Å². The molecular weight excluding hydrogens is 469 g/mol. The van der Waals surface area contributed by atoms with Crippen LogP contribution in [0.15, 0.2) is 0 Å². The Bertz CT molecular complexity index is 876. The average Bonchev–Trinajstić information content (AvgIpc) is 3.36. The van der Waals surface area contributed by atoms with Crippen molar-refractivity contribution >= 4 is 35.6 Å². The number of carbonyl (C=O) groups excluding carboxylic acids is 2. The molecular formula is C21H31ClFN7O4. The molecule has 3 aliphatic rings. The van der Waals surface area contributed by atoms with Crippen molar-refractivity contribution in [2.75, 3.05) is 56.3 Å². The van der Waals surface area contributed by atoms with Crippen molar-refractivity contribution in [3.8, 4) is 0 Å². The predicted molar refractivity (Wildman–Crippen MR) is 122 cm³/mol. The SMILES string of the molecule is O=CN(O)C[C@H](CC1CCCC1)C(=O)NNc1nc(Cl)nc(N2CCN3CCOC[C@H]3C2)c1F. The molecule has 2 atom stereocenters. The second kappa shape index (κ2) is 11.4. The van der Waals surface area contributed by atoms with Crippen molar-refractivity contribution in [3.63, 3.8) is 0 Å². The molecule has 11 nitrogen and oxygen atoms in total. The summed E-state index contributed by atoms with van der Waals surface area (Å²) < 4.78 is 20.9. The molecule has 0 aromatic carbocycles. The van der Waals surface area contributed by atoms with Crippen LogP contribution in [0, 0.1) is 17.7 Å². The Labute approximate surface area is 202 Å². The summed E-state index contributed by atoms with van der Waals surface area (Å²) in [6.45, 7) is 3.84. The number of amides is 2. The quantitative estimate of drug-likeness (QED) is 0.199. The topological polar surface area (TPSA) is 123 Å². The molecule has 0 unspecified atom stereocenters. The third-order valence-electron chi connectivity index (χ3n) is 6.84. The lowest BCUT2D eigenvalue weighted by Gasteiger charge is -2.44. The van der Waals surface area contributed by atoms with E-state index in [1.807, 2.05) is 4.90 Å². The summed E-state index contributed by atoms with van der Waals surface area (Å²) in [6, 6.07) is 0.141. The number of fused-ring (bicyclic) bond motifs is 1. The van der Waals surface area contributed by atoms with E-state index in [1.165, 1.54) is 0 Å². The van der Waals surface area contributed by atoms with Gasteiger partial charge in [-0.05, 0) is 23.9 Å². The van der Waals surface area contributed by atoms with Crippen LogP contribution in [0.2, 0.25) is 5.28 Å². The lowest BCUT2D eigenvalue weighted by Crippen LogP contribution is -2.58. The molecule has 1 saturated carbocycles. The van der Waals surface area contributed by atoms with Crippen molar-refractivity contribution in [1.82, 2.24) is 25.4 Å². The Morgan fingerprint density at radius 2 is 2.12 bits per heavy atom. The molecule has 4 rings (SSSR count). The van der Waals surface area contributed by atoms with Gasteiger partial charge >= 0.3 is 0 Å². The van der Waals surface area contributed by atoms with Crippen LogP contribution in [0.1, 0.15) is 32.1 Å². The predicted octanol–water partition coefficient (Wildman–Crippen LogP) is 1.28. The Balaban J connectivity index is 1.42. The van der Waals surface area contributed by atoms with E-state index >= 15 is 4.39 Å². The minimum Gasteiger partial charge on any atom is -0.378 e. The number of hydrazine groups is 1. The molecule has 3 heterocycles. The van der Waals surface area contributed by atoms with Crippen molar-refractivity contribution in [3.05, 3.63) is 11.1 Å². The number of halogens is 2. The number of nitrogens with zero attached hydrogens (tertiary/aromatic N) is 5. The van der Waals surface area contributed by atoms with Crippen molar-refractivity contribution in [1.29, 1.82) is 0 Å². The Hall–Kier alpha value is -2.28. The van der Waals surface area contributed by atoms with Gasteiger partial charge in [0, 0.05) is 26.2 Å². The highest BCUT2D eigenvalue weighted by Gasteiger charge is 2.32. The summed E-state index contributed by atoms with van der Waals surface area (Å²) in [7, 11) is 0. The molecule has 3 fully saturated rings. The van der Waals surface area contributed by atoms with Gasteiger partial charge in [-0.25, -0.2) is 5.06 Å². The molecule has 3 N–H and O–H groups in total. The molecule has 1 aromatic heterocycles. The number of hydrogen-bond acceptors (Lipinski definition) is 9. The van der Waals surface area contributed by atoms with Gasteiger partial charge in [-0.15, -0.1) is 0 Å². The fourth-order valence-corrected chi connectivity index (χ4v) is 5.21. The Morgan fingerprint density at radius 3 is 2.88 bits per heavy atom. The van der Waals surface area contributed by atoms with Gasteiger partial charge < -0.3 is 9.64 Å². The van der Waals surface area contributed by atoms with Gasteiger partial charge in [0.2, 0.25) is 23.4 Å². The second-order valence-electron chi connectivity index (χ2n) is 9.11. The second-order valence-corrected chi connectivity index (χ2v) is 9.45. The van der Waals surface area contributed by atoms with E-state index in [4.69, 9.17) is 16.3 Å². The van der Waals surface area contributed by atoms with Crippen molar-refractivity contribution in [2.24, 2.45) is 11.8 Å². The van der Waals surface area contributed by atoms with Gasteiger partial charge in [0.15, 0.2) is 11.6 Å². The zero-order chi connectivity index (χ0) is 24.1. The average molecular weight is 500 g/mol. The molecule has 0 spiro atoms. The monoisotopic (exact) mass is 499 g/mol.